The third-order valence-corrected chi connectivity index (χ3v) is 4.83. The van der Waals surface area contributed by atoms with Crippen LogP contribution in [0.3, 0.4) is 0 Å². The first-order valence-electron chi connectivity index (χ1n) is 7.46. The molecular formula is C16H19N3OS. The molecule has 1 saturated heterocycles. The summed E-state index contributed by atoms with van der Waals surface area (Å²) in [5.74, 6) is 0.0337. The fraction of sp³-hybridized carbons (Fsp3) is 0.438. The van der Waals surface area contributed by atoms with E-state index < -0.39 is 0 Å². The standard InChI is InChI=1S/C16H19N3OS/c20-15-14(11-12-7-3-1-4-8-12)21-16(17-15)19-18-13-9-5-2-6-10-13/h1,3-4,7-8,14H,2,5-6,9-11H2,(H,17,19,20)/t14-/m1/s1. The molecule has 0 radical (unpaired) electrons. The Balaban J connectivity index is 1.61. The molecule has 3 rings (SSSR count). The van der Waals surface area contributed by atoms with Crippen molar-refractivity contribution in [3.63, 3.8) is 0 Å². The number of nitrogens with one attached hydrogen (secondary N) is 1. The molecule has 1 heterocycles. The van der Waals surface area contributed by atoms with E-state index in [-0.39, 0.29) is 11.2 Å². The summed E-state index contributed by atoms with van der Waals surface area (Å²) in [5.41, 5.74) is 2.33. The Labute approximate surface area is 129 Å². The summed E-state index contributed by atoms with van der Waals surface area (Å²) < 4.78 is 0. The molecule has 2 fully saturated rings. The van der Waals surface area contributed by atoms with Crippen molar-refractivity contribution in [2.24, 2.45) is 10.2 Å². The molecule has 0 unspecified atom stereocenters. The average Bonchev–Trinajstić information content (AvgIpc) is 2.87. The van der Waals surface area contributed by atoms with Gasteiger partial charge in [0.1, 0.15) is 0 Å². The van der Waals surface area contributed by atoms with E-state index in [0.717, 1.165) is 25.0 Å². The van der Waals surface area contributed by atoms with Crippen LogP contribution in [0.25, 0.3) is 0 Å². The highest BCUT2D eigenvalue weighted by atomic mass is 32.2. The van der Waals surface area contributed by atoms with Crippen LogP contribution in [0.2, 0.25) is 0 Å². The van der Waals surface area contributed by atoms with E-state index in [1.165, 1.54) is 36.6 Å². The van der Waals surface area contributed by atoms with Gasteiger partial charge in [-0.15, -0.1) is 5.10 Å². The Bertz CT molecular complexity index is 560. The van der Waals surface area contributed by atoms with Gasteiger partial charge in [-0.05, 0) is 37.7 Å². The van der Waals surface area contributed by atoms with Gasteiger partial charge in [-0.25, -0.2) is 0 Å². The van der Waals surface area contributed by atoms with Crippen molar-refractivity contribution >= 4 is 28.5 Å². The second-order valence-corrected chi connectivity index (χ2v) is 6.61. The molecule has 0 spiro atoms. The van der Waals surface area contributed by atoms with Gasteiger partial charge in [0, 0.05) is 5.71 Å². The van der Waals surface area contributed by atoms with Crippen LogP contribution in [-0.4, -0.2) is 22.0 Å². The zero-order chi connectivity index (χ0) is 14.5. The minimum Gasteiger partial charge on any atom is -0.303 e. The number of amidine groups is 1. The summed E-state index contributed by atoms with van der Waals surface area (Å²) in [6.07, 6.45) is 6.53. The number of hydrogen-bond donors (Lipinski definition) is 1. The number of hydrogen-bond acceptors (Lipinski definition) is 4. The van der Waals surface area contributed by atoms with Gasteiger partial charge < -0.3 is 5.32 Å². The quantitative estimate of drug-likeness (QED) is 0.872. The van der Waals surface area contributed by atoms with Crippen LogP contribution >= 0.6 is 11.8 Å². The second-order valence-electron chi connectivity index (χ2n) is 5.42. The van der Waals surface area contributed by atoms with Crippen LogP contribution in [0.5, 0.6) is 0 Å². The lowest BCUT2D eigenvalue weighted by molar-refractivity contribution is -0.118. The number of amides is 1. The molecule has 2 aliphatic rings. The summed E-state index contributed by atoms with van der Waals surface area (Å²) in [4.78, 5) is 12.0. The van der Waals surface area contributed by atoms with Gasteiger partial charge in [0.15, 0.2) is 5.17 Å². The maximum Gasteiger partial charge on any atom is 0.239 e. The molecule has 5 heteroatoms. The Morgan fingerprint density at radius 3 is 2.62 bits per heavy atom. The Morgan fingerprint density at radius 2 is 1.86 bits per heavy atom. The van der Waals surface area contributed by atoms with Crippen LogP contribution in [0.15, 0.2) is 40.5 Å². The SMILES string of the molecule is O=C1N/C(=N\N=C2CCCCC2)S[C@@H]1Cc1ccccc1. The molecule has 1 N–H and O–H groups in total. The van der Waals surface area contributed by atoms with Crippen LogP contribution in [0.1, 0.15) is 37.7 Å². The predicted octanol–water partition coefficient (Wildman–Crippen LogP) is 3.14. The fourth-order valence-corrected chi connectivity index (χ4v) is 3.55. The van der Waals surface area contributed by atoms with E-state index in [9.17, 15) is 4.79 Å². The van der Waals surface area contributed by atoms with Crippen molar-refractivity contribution in [2.75, 3.05) is 0 Å². The minimum atomic E-state index is -0.0993. The largest absolute Gasteiger partial charge is 0.303 e. The highest BCUT2D eigenvalue weighted by Crippen LogP contribution is 2.23. The molecule has 110 valence electrons. The first-order valence-corrected chi connectivity index (χ1v) is 8.34. The van der Waals surface area contributed by atoms with Crippen LogP contribution in [0, 0.1) is 0 Å². The van der Waals surface area contributed by atoms with Crippen molar-refractivity contribution in [2.45, 2.75) is 43.8 Å². The molecule has 1 aromatic carbocycles. The smallest absolute Gasteiger partial charge is 0.239 e. The third kappa shape index (κ3) is 3.94. The fourth-order valence-electron chi connectivity index (χ4n) is 2.59. The predicted molar refractivity (Wildman–Crippen MR) is 87.6 cm³/mol. The Hall–Kier alpha value is -1.62. The zero-order valence-electron chi connectivity index (χ0n) is 11.9. The lowest BCUT2D eigenvalue weighted by Gasteiger charge is -2.10. The van der Waals surface area contributed by atoms with Gasteiger partial charge >= 0.3 is 0 Å². The molecule has 1 aliphatic heterocycles. The highest BCUT2D eigenvalue weighted by molar-refractivity contribution is 8.15. The van der Waals surface area contributed by atoms with Gasteiger partial charge in [0.25, 0.3) is 0 Å². The van der Waals surface area contributed by atoms with Gasteiger partial charge in [-0.2, -0.15) is 5.10 Å². The Morgan fingerprint density at radius 1 is 1.10 bits per heavy atom. The van der Waals surface area contributed by atoms with Crippen molar-refractivity contribution in [3.05, 3.63) is 35.9 Å². The monoisotopic (exact) mass is 301 g/mol. The van der Waals surface area contributed by atoms with Gasteiger partial charge in [0.05, 0.1) is 5.25 Å². The maximum atomic E-state index is 12.0. The van der Waals surface area contributed by atoms with Crippen LogP contribution in [-0.2, 0) is 11.2 Å². The summed E-state index contributed by atoms with van der Waals surface area (Å²) in [6.45, 7) is 0. The van der Waals surface area contributed by atoms with Crippen LogP contribution < -0.4 is 5.32 Å². The number of nitrogens with zero attached hydrogens (tertiary/aromatic N) is 2. The summed E-state index contributed by atoms with van der Waals surface area (Å²) in [7, 11) is 0. The van der Waals surface area contributed by atoms with E-state index in [2.05, 4.69) is 15.5 Å². The van der Waals surface area contributed by atoms with Gasteiger partial charge in [-0.1, -0.05) is 48.5 Å². The molecule has 1 amide bonds. The third-order valence-electron chi connectivity index (χ3n) is 3.75. The summed E-state index contributed by atoms with van der Waals surface area (Å²) >= 11 is 1.48. The zero-order valence-corrected chi connectivity index (χ0v) is 12.7. The molecule has 1 aromatic rings. The van der Waals surface area contributed by atoms with E-state index >= 15 is 0 Å². The topological polar surface area (TPSA) is 53.8 Å². The molecule has 1 atom stereocenters. The summed E-state index contributed by atoms with van der Waals surface area (Å²) in [6, 6.07) is 10.1. The van der Waals surface area contributed by atoms with Crippen molar-refractivity contribution < 1.29 is 4.79 Å². The normalized spacial score (nSPS) is 24.2. The number of benzene rings is 1. The first-order chi connectivity index (χ1) is 10.3. The van der Waals surface area contributed by atoms with Crippen molar-refractivity contribution in [1.82, 2.24) is 5.32 Å². The first kappa shape index (κ1) is 14.3. The molecule has 1 saturated carbocycles. The second kappa shape index (κ2) is 6.89. The molecule has 0 aromatic heterocycles. The lowest BCUT2D eigenvalue weighted by Crippen LogP contribution is -2.26. The Kier molecular flexibility index (Phi) is 4.70. The average molecular weight is 301 g/mol. The number of thioether (sulfide) groups is 1. The van der Waals surface area contributed by atoms with E-state index in [4.69, 9.17) is 0 Å². The molecule has 0 bridgehead atoms. The number of rotatable bonds is 3. The minimum absolute atomic E-state index is 0.0337. The van der Waals surface area contributed by atoms with Crippen molar-refractivity contribution in [3.8, 4) is 0 Å². The van der Waals surface area contributed by atoms with E-state index in [0.29, 0.717) is 5.17 Å². The summed E-state index contributed by atoms with van der Waals surface area (Å²) in [5, 5.41) is 11.9. The van der Waals surface area contributed by atoms with E-state index in [1.54, 1.807) is 0 Å². The molecule has 1 aliphatic carbocycles. The number of carbonyl (C=O) groups excluding carboxylic acids is 1. The molecular weight excluding hydrogens is 282 g/mol. The number of carbonyl (C=O) groups is 1. The molecule has 4 nitrogen and oxygen atoms in total. The lowest BCUT2D eigenvalue weighted by atomic mass is 9.99. The highest BCUT2D eigenvalue weighted by Gasteiger charge is 2.30. The van der Waals surface area contributed by atoms with E-state index in [1.807, 2.05) is 30.3 Å². The van der Waals surface area contributed by atoms with Crippen molar-refractivity contribution in [1.29, 1.82) is 0 Å². The maximum absolute atomic E-state index is 12.0. The van der Waals surface area contributed by atoms with Crippen LogP contribution in [0.4, 0.5) is 0 Å². The van der Waals surface area contributed by atoms with Gasteiger partial charge in [-0.3, -0.25) is 4.79 Å². The van der Waals surface area contributed by atoms with Gasteiger partial charge in [0.2, 0.25) is 5.91 Å². The molecule has 21 heavy (non-hydrogen) atoms.